The van der Waals surface area contributed by atoms with E-state index in [1.807, 2.05) is 0 Å². The number of nitrogens with zero attached hydrogens (tertiary/aromatic N) is 1. The third kappa shape index (κ3) is 4.77. The Hall–Kier alpha value is -2.96. The maximum Gasteiger partial charge on any atom is 0.387 e. The van der Waals surface area contributed by atoms with E-state index in [4.69, 9.17) is 4.74 Å². The van der Waals surface area contributed by atoms with Gasteiger partial charge in [-0.3, -0.25) is 9.78 Å². The lowest BCUT2D eigenvalue weighted by molar-refractivity contribution is -0.111. The number of anilines is 1. The average molecular weight is 320 g/mol. The van der Waals surface area contributed by atoms with E-state index < -0.39 is 12.5 Å². The Balaban J connectivity index is 2.16. The minimum atomic E-state index is -3.00. The summed E-state index contributed by atoms with van der Waals surface area (Å²) in [6.45, 7) is -3.00. The van der Waals surface area contributed by atoms with Crippen LogP contribution < -0.4 is 14.8 Å². The zero-order valence-corrected chi connectivity index (χ0v) is 12.2. The van der Waals surface area contributed by atoms with Crippen LogP contribution in [0.1, 0.15) is 5.56 Å². The summed E-state index contributed by atoms with van der Waals surface area (Å²) < 4.78 is 34.5. The Morgan fingerprint density at radius 1 is 1.26 bits per heavy atom. The Morgan fingerprint density at radius 2 is 2.00 bits per heavy atom. The molecule has 2 aromatic rings. The van der Waals surface area contributed by atoms with Crippen LogP contribution in [0.3, 0.4) is 0 Å². The topological polar surface area (TPSA) is 60.5 Å². The normalized spacial score (nSPS) is 10.8. The number of para-hydroxylation sites is 1. The number of pyridine rings is 1. The van der Waals surface area contributed by atoms with Crippen LogP contribution in [0.2, 0.25) is 0 Å². The summed E-state index contributed by atoms with van der Waals surface area (Å²) in [5, 5.41) is 2.62. The number of aromatic nitrogens is 1. The van der Waals surface area contributed by atoms with Gasteiger partial charge in [-0.1, -0.05) is 12.1 Å². The highest BCUT2D eigenvalue weighted by Crippen LogP contribution is 2.33. The van der Waals surface area contributed by atoms with Crippen molar-refractivity contribution < 1.29 is 23.0 Å². The molecule has 0 aliphatic rings. The fourth-order valence-corrected chi connectivity index (χ4v) is 1.82. The van der Waals surface area contributed by atoms with Crippen LogP contribution in [0.25, 0.3) is 6.08 Å². The first-order valence-electron chi connectivity index (χ1n) is 6.61. The number of nitrogens with one attached hydrogen (secondary N) is 1. The van der Waals surface area contributed by atoms with Crippen LogP contribution in [0.4, 0.5) is 14.5 Å². The molecule has 120 valence electrons. The highest BCUT2D eigenvalue weighted by Gasteiger charge is 2.13. The van der Waals surface area contributed by atoms with Crippen molar-refractivity contribution in [3.05, 3.63) is 54.4 Å². The summed E-state index contributed by atoms with van der Waals surface area (Å²) in [5.74, 6) is -0.387. The molecule has 0 saturated heterocycles. The lowest BCUT2D eigenvalue weighted by atomic mass is 10.1. The van der Waals surface area contributed by atoms with Crippen molar-refractivity contribution in [3.8, 4) is 11.5 Å². The van der Waals surface area contributed by atoms with Crippen LogP contribution in [0, 0.1) is 0 Å². The van der Waals surface area contributed by atoms with Gasteiger partial charge < -0.3 is 14.8 Å². The molecule has 0 aliphatic heterocycles. The highest BCUT2D eigenvalue weighted by molar-refractivity contribution is 6.02. The van der Waals surface area contributed by atoms with Crippen LogP contribution in [-0.2, 0) is 4.79 Å². The Bertz CT molecular complexity index is 691. The standard InChI is InChI=1S/C16H14F2N2O3/c1-22-13-4-2-3-11(15(13)23-16(17)18)5-6-14(21)20-12-7-9-19-10-8-12/h2-10,16H,1H3,(H,19,20,21)/b6-5+. The largest absolute Gasteiger partial charge is 0.493 e. The van der Waals surface area contributed by atoms with Crippen molar-refractivity contribution in [1.82, 2.24) is 4.98 Å². The maximum absolute atomic E-state index is 12.5. The fraction of sp³-hybridized carbons (Fsp3) is 0.125. The molecular formula is C16H14F2N2O3. The van der Waals surface area contributed by atoms with Crippen molar-refractivity contribution in [2.24, 2.45) is 0 Å². The van der Waals surface area contributed by atoms with Gasteiger partial charge in [0.25, 0.3) is 0 Å². The highest BCUT2D eigenvalue weighted by atomic mass is 19.3. The number of halogens is 2. The first-order chi connectivity index (χ1) is 11.1. The molecule has 0 aliphatic carbocycles. The summed E-state index contributed by atoms with van der Waals surface area (Å²) >= 11 is 0. The van der Waals surface area contributed by atoms with Crippen LogP contribution in [0.5, 0.6) is 11.5 Å². The fourth-order valence-electron chi connectivity index (χ4n) is 1.82. The molecule has 23 heavy (non-hydrogen) atoms. The third-order valence-corrected chi connectivity index (χ3v) is 2.80. The van der Waals surface area contributed by atoms with Crippen molar-refractivity contribution in [2.75, 3.05) is 12.4 Å². The monoisotopic (exact) mass is 320 g/mol. The predicted octanol–water partition coefficient (Wildman–Crippen LogP) is 3.34. The molecule has 0 fully saturated rings. The molecule has 7 heteroatoms. The minimum Gasteiger partial charge on any atom is -0.493 e. The van der Waals surface area contributed by atoms with Gasteiger partial charge in [-0.25, -0.2) is 0 Å². The zero-order chi connectivity index (χ0) is 16.7. The SMILES string of the molecule is COc1cccc(/C=C/C(=O)Nc2ccncc2)c1OC(F)F. The van der Waals surface area contributed by atoms with Gasteiger partial charge in [-0.05, 0) is 24.3 Å². The van der Waals surface area contributed by atoms with Crippen LogP contribution >= 0.6 is 0 Å². The van der Waals surface area contributed by atoms with Gasteiger partial charge in [0, 0.05) is 29.7 Å². The van der Waals surface area contributed by atoms with Crippen LogP contribution in [-0.4, -0.2) is 24.6 Å². The van der Waals surface area contributed by atoms with E-state index in [0.717, 1.165) is 0 Å². The number of rotatable bonds is 6. The molecule has 1 aromatic heterocycles. The summed E-state index contributed by atoms with van der Waals surface area (Å²) in [5.41, 5.74) is 0.874. The predicted molar refractivity (Wildman–Crippen MR) is 81.5 cm³/mol. The number of amides is 1. The van der Waals surface area contributed by atoms with Gasteiger partial charge in [0.1, 0.15) is 0 Å². The quantitative estimate of drug-likeness (QED) is 0.829. The maximum atomic E-state index is 12.5. The molecular weight excluding hydrogens is 306 g/mol. The van der Waals surface area contributed by atoms with Gasteiger partial charge >= 0.3 is 6.61 Å². The van der Waals surface area contributed by atoms with E-state index in [9.17, 15) is 13.6 Å². The van der Waals surface area contributed by atoms with Crippen molar-refractivity contribution in [2.45, 2.75) is 6.61 Å². The third-order valence-electron chi connectivity index (χ3n) is 2.80. The van der Waals surface area contributed by atoms with E-state index in [0.29, 0.717) is 11.3 Å². The van der Waals surface area contributed by atoms with E-state index in [1.165, 1.54) is 43.8 Å². The van der Waals surface area contributed by atoms with Gasteiger partial charge in [-0.2, -0.15) is 8.78 Å². The second-order valence-electron chi connectivity index (χ2n) is 4.32. The summed E-state index contributed by atoms with van der Waals surface area (Å²) in [6, 6.07) is 7.89. The molecule has 2 rings (SSSR count). The number of benzene rings is 1. The number of ether oxygens (including phenoxy) is 2. The van der Waals surface area contributed by atoms with E-state index >= 15 is 0 Å². The first-order valence-corrected chi connectivity index (χ1v) is 6.61. The molecule has 0 atom stereocenters. The first kappa shape index (κ1) is 16.4. The van der Waals surface area contributed by atoms with Gasteiger partial charge in [0.05, 0.1) is 7.11 Å². The van der Waals surface area contributed by atoms with Gasteiger partial charge in [0.15, 0.2) is 11.5 Å². The molecule has 1 heterocycles. The average Bonchev–Trinajstić information content (AvgIpc) is 2.54. The minimum absolute atomic E-state index is 0.127. The van der Waals surface area contributed by atoms with Crippen molar-refractivity contribution in [3.63, 3.8) is 0 Å². The molecule has 0 saturated carbocycles. The summed E-state index contributed by atoms with van der Waals surface area (Å²) in [7, 11) is 1.34. The second kappa shape index (κ2) is 7.88. The van der Waals surface area contributed by atoms with E-state index in [-0.39, 0.29) is 11.5 Å². The molecule has 1 aromatic carbocycles. The van der Waals surface area contributed by atoms with E-state index in [2.05, 4.69) is 15.0 Å². The number of hydrogen-bond donors (Lipinski definition) is 1. The smallest absolute Gasteiger partial charge is 0.387 e. The Morgan fingerprint density at radius 3 is 2.65 bits per heavy atom. The number of alkyl halides is 2. The Labute approximate surface area is 131 Å². The molecule has 1 N–H and O–H groups in total. The van der Waals surface area contributed by atoms with Gasteiger partial charge in [0.2, 0.25) is 5.91 Å². The molecule has 0 unspecified atom stereocenters. The number of hydrogen-bond acceptors (Lipinski definition) is 4. The summed E-state index contributed by atoms with van der Waals surface area (Å²) in [4.78, 5) is 15.7. The molecule has 0 spiro atoms. The second-order valence-corrected chi connectivity index (χ2v) is 4.32. The molecule has 5 nitrogen and oxygen atoms in total. The molecule has 1 amide bonds. The molecule has 0 radical (unpaired) electrons. The van der Waals surface area contributed by atoms with Crippen molar-refractivity contribution in [1.29, 1.82) is 0 Å². The van der Waals surface area contributed by atoms with Crippen molar-refractivity contribution >= 4 is 17.7 Å². The van der Waals surface area contributed by atoms with Crippen LogP contribution in [0.15, 0.2) is 48.8 Å². The number of carbonyl (C=O) groups excluding carboxylic acids is 1. The lowest BCUT2D eigenvalue weighted by Gasteiger charge is -2.12. The number of methoxy groups -OCH3 is 1. The summed E-state index contributed by atoms with van der Waals surface area (Å²) in [6.07, 6.45) is 5.66. The molecule has 0 bridgehead atoms. The number of carbonyl (C=O) groups is 1. The lowest BCUT2D eigenvalue weighted by Crippen LogP contribution is -2.08. The Kier molecular flexibility index (Phi) is 5.62. The van der Waals surface area contributed by atoms with E-state index in [1.54, 1.807) is 18.2 Å². The zero-order valence-electron chi connectivity index (χ0n) is 12.2. The van der Waals surface area contributed by atoms with Gasteiger partial charge in [-0.15, -0.1) is 0 Å².